The minimum Gasteiger partial charge on any atom is -0.370 e. The van der Waals surface area contributed by atoms with E-state index < -0.39 is 0 Å². The predicted octanol–water partition coefficient (Wildman–Crippen LogP) is 4.14. The van der Waals surface area contributed by atoms with E-state index in [9.17, 15) is 0 Å². The fraction of sp³-hybridized carbons (Fsp3) is 0.600. The smallest absolute Gasteiger partial charge is 0.0423 e. The number of nitrogens with zero attached hydrogens (tertiary/aromatic N) is 1. The zero-order valence-corrected chi connectivity index (χ0v) is 14.8. The third-order valence-electron chi connectivity index (χ3n) is 3.37. The number of anilines is 1. The Hall–Kier alpha value is -0.190. The normalized spacial score (nSPS) is 12.5. The second-order valence-electron chi connectivity index (χ2n) is 4.68. The van der Waals surface area contributed by atoms with Crippen LogP contribution in [0.15, 0.2) is 22.7 Å². The summed E-state index contributed by atoms with van der Waals surface area (Å²) >= 11 is 5.51. The lowest BCUT2D eigenvalue weighted by Gasteiger charge is -2.31. The molecule has 0 aromatic heterocycles. The lowest BCUT2D eigenvalue weighted by Crippen LogP contribution is -2.34. The molecule has 1 aromatic rings. The van der Waals surface area contributed by atoms with Crippen LogP contribution in [-0.2, 0) is 6.54 Å². The first-order valence-corrected chi connectivity index (χ1v) is 9.03. The van der Waals surface area contributed by atoms with Crippen LogP contribution in [0.5, 0.6) is 0 Å². The van der Waals surface area contributed by atoms with Gasteiger partial charge in [0.15, 0.2) is 0 Å². The summed E-state index contributed by atoms with van der Waals surface area (Å²) in [6.07, 6.45) is 3.35. The molecular weight excluding hydrogens is 320 g/mol. The van der Waals surface area contributed by atoms with Crippen molar-refractivity contribution >= 4 is 33.4 Å². The Morgan fingerprint density at radius 2 is 2.11 bits per heavy atom. The summed E-state index contributed by atoms with van der Waals surface area (Å²) in [5, 5.41) is 3.42. The zero-order chi connectivity index (χ0) is 14.3. The van der Waals surface area contributed by atoms with Gasteiger partial charge in [-0.3, -0.25) is 0 Å². The largest absolute Gasteiger partial charge is 0.370 e. The monoisotopic (exact) mass is 344 g/mol. The van der Waals surface area contributed by atoms with Gasteiger partial charge in [-0.25, -0.2) is 0 Å². The van der Waals surface area contributed by atoms with Crippen molar-refractivity contribution in [3.05, 3.63) is 28.2 Å². The molecule has 0 spiro atoms. The third kappa shape index (κ3) is 5.01. The van der Waals surface area contributed by atoms with Crippen LogP contribution in [0.4, 0.5) is 5.69 Å². The fourth-order valence-electron chi connectivity index (χ4n) is 2.17. The van der Waals surface area contributed by atoms with Gasteiger partial charge in [0.2, 0.25) is 0 Å². The molecule has 1 unspecified atom stereocenters. The number of hydrogen-bond donors (Lipinski definition) is 1. The molecule has 0 aliphatic carbocycles. The highest BCUT2D eigenvalue weighted by Gasteiger charge is 2.16. The van der Waals surface area contributed by atoms with Crippen molar-refractivity contribution < 1.29 is 0 Å². The van der Waals surface area contributed by atoms with Crippen LogP contribution in [0.3, 0.4) is 0 Å². The molecule has 0 saturated carbocycles. The maximum absolute atomic E-state index is 3.59. The molecule has 1 atom stereocenters. The van der Waals surface area contributed by atoms with E-state index in [-0.39, 0.29) is 0 Å². The lowest BCUT2D eigenvalue weighted by molar-refractivity contribution is 0.663. The molecule has 1 aromatic carbocycles. The van der Waals surface area contributed by atoms with Gasteiger partial charge in [-0.2, -0.15) is 11.8 Å². The maximum Gasteiger partial charge on any atom is 0.0423 e. The summed E-state index contributed by atoms with van der Waals surface area (Å²) < 4.78 is 1.15. The molecule has 0 aliphatic heterocycles. The molecule has 0 fully saturated rings. The van der Waals surface area contributed by atoms with Gasteiger partial charge in [0.25, 0.3) is 0 Å². The van der Waals surface area contributed by atoms with Gasteiger partial charge in [0.05, 0.1) is 0 Å². The van der Waals surface area contributed by atoms with Crippen molar-refractivity contribution in [3.63, 3.8) is 0 Å². The molecule has 0 bridgehead atoms. The van der Waals surface area contributed by atoms with Crippen molar-refractivity contribution in [2.45, 2.75) is 32.9 Å². The van der Waals surface area contributed by atoms with Crippen LogP contribution in [0.25, 0.3) is 0 Å². The molecule has 1 rings (SSSR count). The molecule has 4 heteroatoms. The Labute approximate surface area is 130 Å². The van der Waals surface area contributed by atoms with Crippen LogP contribution < -0.4 is 10.2 Å². The van der Waals surface area contributed by atoms with E-state index in [1.165, 1.54) is 23.4 Å². The van der Waals surface area contributed by atoms with Gasteiger partial charge in [-0.1, -0.05) is 35.8 Å². The Morgan fingerprint density at radius 3 is 2.68 bits per heavy atom. The van der Waals surface area contributed by atoms with Crippen molar-refractivity contribution in [1.29, 1.82) is 0 Å². The van der Waals surface area contributed by atoms with Crippen LogP contribution in [0, 0.1) is 0 Å². The van der Waals surface area contributed by atoms with E-state index in [1.54, 1.807) is 0 Å². The molecule has 2 nitrogen and oxygen atoms in total. The van der Waals surface area contributed by atoms with Crippen LogP contribution >= 0.6 is 27.7 Å². The molecule has 0 heterocycles. The summed E-state index contributed by atoms with van der Waals surface area (Å²) in [6.45, 7) is 6.34. The van der Waals surface area contributed by atoms with Crippen molar-refractivity contribution in [2.24, 2.45) is 0 Å². The summed E-state index contributed by atoms with van der Waals surface area (Å²) in [7, 11) is 2.21. The summed E-state index contributed by atoms with van der Waals surface area (Å²) in [5.41, 5.74) is 2.70. The van der Waals surface area contributed by atoms with Gasteiger partial charge in [0.1, 0.15) is 0 Å². The highest BCUT2D eigenvalue weighted by atomic mass is 79.9. The maximum atomic E-state index is 3.59. The first-order valence-electron chi connectivity index (χ1n) is 6.84. The van der Waals surface area contributed by atoms with Crippen molar-refractivity contribution in [2.75, 3.05) is 30.5 Å². The quantitative estimate of drug-likeness (QED) is 0.762. The van der Waals surface area contributed by atoms with Crippen LogP contribution in [0.2, 0.25) is 0 Å². The topological polar surface area (TPSA) is 15.3 Å². The van der Waals surface area contributed by atoms with Gasteiger partial charge in [-0.05, 0) is 36.9 Å². The van der Waals surface area contributed by atoms with Gasteiger partial charge in [-0.15, -0.1) is 0 Å². The van der Waals surface area contributed by atoms with Crippen LogP contribution in [0.1, 0.15) is 25.8 Å². The highest BCUT2D eigenvalue weighted by molar-refractivity contribution is 9.10. The highest BCUT2D eigenvalue weighted by Crippen LogP contribution is 2.27. The number of thioether (sulfide) groups is 1. The van der Waals surface area contributed by atoms with Gasteiger partial charge in [0, 0.05) is 35.5 Å². The Kier molecular flexibility index (Phi) is 7.88. The molecule has 0 aliphatic rings. The van der Waals surface area contributed by atoms with Gasteiger partial charge >= 0.3 is 0 Å². The van der Waals surface area contributed by atoms with E-state index in [4.69, 9.17) is 0 Å². The average Bonchev–Trinajstić information content (AvgIpc) is 2.42. The molecular formula is C15H25BrN2S. The number of rotatable bonds is 8. The average molecular weight is 345 g/mol. The van der Waals surface area contributed by atoms with E-state index in [2.05, 4.69) is 71.5 Å². The number of nitrogens with one attached hydrogen (secondary N) is 1. The third-order valence-corrected chi connectivity index (χ3v) is 4.58. The van der Waals surface area contributed by atoms with Gasteiger partial charge < -0.3 is 10.2 Å². The van der Waals surface area contributed by atoms with E-state index in [1.807, 2.05) is 11.8 Å². The zero-order valence-electron chi connectivity index (χ0n) is 12.4. The second kappa shape index (κ2) is 8.88. The molecule has 0 amide bonds. The SMILES string of the molecule is CCNCc1ccc(Br)cc1N(C)C(CC)CSC. The van der Waals surface area contributed by atoms with E-state index >= 15 is 0 Å². The summed E-state index contributed by atoms with van der Waals surface area (Å²) in [4.78, 5) is 2.42. The van der Waals surface area contributed by atoms with E-state index in [0.717, 1.165) is 17.6 Å². The summed E-state index contributed by atoms with van der Waals surface area (Å²) in [6, 6.07) is 7.16. The lowest BCUT2D eigenvalue weighted by atomic mass is 10.1. The summed E-state index contributed by atoms with van der Waals surface area (Å²) in [5.74, 6) is 1.17. The molecule has 19 heavy (non-hydrogen) atoms. The fourth-order valence-corrected chi connectivity index (χ4v) is 3.36. The Balaban J connectivity index is 2.97. The first kappa shape index (κ1) is 16.9. The molecule has 0 saturated heterocycles. The number of hydrogen-bond acceptors (Lipinski definition) is 3. The Bertz CT molecular complexity index is 384. The Morgan fingerprint density at radius 1 is 1.37 bits per heavy atom. The first-order chi connectivity index (χ1) is 9.13. The number of halogens is 1. The molecule has 108 valence electrons. The minimum absolute atomic E-state index is 0.588. The predicted molar refractivity (Wildman–Crippen MR) is 92.4 cm³/mol. The van der Waals surface area contributed by atoms with E-state index in [0.29, 0.717) is 6.04 Å². The minimum atomic E-state index is 0.588. The molecule has 1 N–H and O–H groups in total. The molecule has 0 radical (unpaired) electrons. The second-order valence-corrected chi connectivity index (χ2v) is 6.51. The van der Waals surface area contributed by atoms with Crippen LogP contribution in [-0.4, -0.2) is 31.6 Å². The standard InChI is InChI=1S/C15H25BrN2S/c1-5-14(11-19-4)18(3)15-9-13(16)8-7-12(15)10-17-6-2/h7-9,14,17H,5-6,10-11H2,1-4H3. The van der Waals surface area contributed by atoms with Crippen molar-refractivity contribution in [1.82, 2.24) is 5.32 Å². The van der Waals surface area contributed by atoms with Crippen molar-refractivity contribution in [3.8, 4) is 0 Å². The number of benzene rings is 1.